The number of aromatic nitrogens is 2. The first-order valence-electron chi connectivity index (χ1n) is 8.88. The summed E-state index contributed by atoms with van der Waals surface area (Å²) in [5.41, 5.74) is 2.27. The van der Waals surface area contributed by atoms with Gasteiger partial charge in [-0.3, -0.25) is 24.8 Å². The average molecular weight is 424 g/mol. The molecule has 0 spiro atoms. The van der Waals surface area contributed by atoms with E-state index in [1.54, 1.807) is 25.4 Å². The monoisotopic (exact) mass is 424 g/mol. The number of methoxy groups -OCH3 is 1. The molecule has 3 aromatic heterocycles. The van der Waals surface area contributed by atoms with Crippen molar-refractivity contribution in [1.29, 1.82) is 0 Å². The first-order valence-corrected chi connectivity index (χ1v) is 9.69. The summed E-state index contributed by atoms with van der Waals surface area (Å²) in [5, 5.41) is 11.4. The Morgan fingerprint density at radius 3 is 2.77 bits per heavy atom. The van der Waals surface area contributed by atoms with Crippen molar-refractivity contribution in [3.05, 3.63) is 75.8 Å². The number of amides is 1. The minimum absolute atomic E-state index is 0.120. The highest BCUT2D eigenvalue weighted by Crippen LogP contribution is 2.37. The smallest absolute Gasteiger partial charge is 0.433 e. The van der Waals surface area contributed by atoms with Crippen LogP contribution in [0.25, 0.3) is 10.2 Å². The summed E-state index contributed by atoms with van der Waals surface area (Å²) in [6.45, 7) is 2.07. The van der Waals surface area contributed by atoms with Crippen molar-refractivity contribution >= 4 is 38.5 Å². The quantitative estimate of drug-likeness (QED) is 0.334. The maximum atomic E-state index is 13.2. The van der Waals surface area contributed by atoms with Crippen molar-refractivity contribution in [3.8, 4) is 5.75 Å². The van der Waals surface area contributed by atoms with Crippen LogP contribution in [0.5, 0.6) is 5.75 Å². The molecule has 0 aliphatic heterocycles. The number of carbonyl (C=O) groups is 1. The van der Waals surface area contributed by atoms with Crippen LogP contribution in [0.2, 0.25) is 0 Å². The fraction of sp³-hybridized carbons (Fsp3) is 0.150. The van der Waals surface area contributed by atoms with Gasteiger partial charge in [-0.2, -0.15) is 0 Å². The number of nitro groups is 1. The minimum Gasteiger partial charge on any atom is -0.494 e. The third-order valence-electron chi connectivity index (χ3n) is 4.42. The molecule has 0 bridgehead atoms. The Hall–Kier alpha value is -3.79. The lowest BCUT2D eigenvalue weighted by Crippen LogP contribution is -2.30. The van der Waals surface area contributed by atoms with Gasteiger partial charge in [-0.05, 0) is 36.8 Å². The Bertz CT molecular complexity index is 1230. The molecular formula is C20H16N4O5S. The number of anilines is 1. The van der Waals surface area contributed by atoms with Gasteiger partial charge in [0.25, 0.3) is 5.91 Å². The Labute approximate surface area is 174 Å². The van der Waals surface area contributed by atoms with Gasteiger partial charge < -0.3 is 9.15 Å². The van der Waals surface area contributed by atoms with Gasteiger partial charge in [0.1, 0.15) is 16.2 Å². The lowest BCUT2D eigenvalue weighted by atomic mass is 10.2. The number of thiazole rings is 1. The van der Waals surface area contributed by atoms with Crippen molar-refractivity contribution in [2.24, 2.45) is 0 Å². The highest BCUT2D eigenvalue weighted by molar-refractivity contribution is 7.22. The number of fused-ring (bicyclic) bond motifs is 1. The summed E-state index contributed by atoms with van der Waals surface area (Å²) in [5.74, 6) is -0.611. The molecule has 10 heteroatoms. The number of hydrogen-bond acceptors (Lipinski definition) is 8. The fourth-order valence-corrected chi connectivity index (χ4v) is 3.98. The van der Waals surface area contributed by atoms with E-state index in [4.69, 9.17) is 9.15 Å². The predicted octanol–water partition coefficient (Wildman–Crippen LogP) is 4.36. The topological polar surface area (TPSA) is 112 Å². The first-order chi connectivity index (χ1) is 14.5. The van der Waals surface area contributed by atoms with Crippen LogP contribution >= 0.6 is 11.3 Å². The molecule has 9 nitrogen and oxygen atoms in total. The second kappa shape index (κ2) is 7.91. The fourth-order valence-electron chi connectivity index (χ4n) is 2.93. The van der Waals surface area contributed by atoms with Crippen molar-refractivity contribution in [3.63, 3.8) is 0 Å². The standard InChI is InChI=1S/C20H16N4O5S/c1-12-6-7-14(28-2)17-18(12)30-20(22-17)23(11-13-5-3-4-10-21-13)19(25)15-8-9-16(29-15)24(26)27/h3-10H,11H2,1-2H3. The molecule has 4 rings (SSSR count). The van der Waals surface area contributed by atoms with Gasteiger partial charge in [-0.1, -0.05) is 23.5 Å². The summed E-state index contributed by atoms with van der Waals surface area (Å²) in [6.07, 6.45) is 1.63. The molecular weight excluding hydrogens is 408 g/mol. The largest absolute Gasteiger partial charge is 0.494 e. The molecule has 0 saturated carbocycles. The molecule has 0 atom stereocenters. The van der Waals surface area contributed by atoms with E-state index in [1.165, 1.54) is 22.3 Å². The van der Waals surface area contributed by atoms with E-state index in [9.17, 15) is 14.9 Å². The van der Waals surface area contributed by atoms with Crippen LogP contribution in [0, 0.1) is 17.0 Å². The Morgan fingerprint density at radius 2 is 2.10 bits per heavy atom. The van der Waals surface area contributed by atoms with E-state index in [2.05, 4.69) is 9.97 Å². The zero-order chi connectivity index (χ0) is 21.3. The van der Waals surface area contributed by atoms with E-state index in [1.807, 2.05) is 25.1 Å². The zero-order valence-corrected chi connectivity index (χ0v) is 16.9. The van der Waals surface area contributed by atoms with Gasteiger partial charge in [-0.25, -0.2) is 4.98 Å². The number of aryl methyl sites for hydroxylation is 1. The van der Waals surface area contributed by atoms with Crippen LogP contribution in [-0.2, 0) is 6.54 Å². The molecule has 0 aliphatic carbocycles. The Morgan fingerprint density at radius 1 is 1.27 bits per heavy atom. The normalized spacial score (nSPS) is 10.9. The number of furan rings is 1. The van der Waals surface area contributed by atoms with Crippen molar-refractivity contribution in [1.82, 2.24) is 9.97 Å². The lowest BCUT2D eigenvalue weighted by Gasteiger charge is -2.18. The molecule has 0 unspecified atom stereocenters. The summed E-state index contributed by atoms with van der Waals surface area (Å²) >= 11 is 1.33. The maximum Gasteiger partial charge on any atom is 0.433 e. The molecule has 0 radical (unpaired) electrons. The Kier molecular flexibility index (Phi) is 5.15. The molecule has 3 heterocycles. The van der Waals surface area contributed by atoms with E-state index < -0.39 is 16.7 Å². The predicted molar refractivity (Wildman–Crippen MR) is 111 cm³/mol. The molecule has 1 amide bonds. The third-order valence-corrected chi connectivity index (χ3v) is 5.63. The number of hydrogen-bond donors (Lipinski definition) is 0. The molecule has 30 heavy (non-hydrogen) atoms. The molecule has 0 saturated heterocycles. The van der Waals surface area contributed by atoms with Crippen molar-refractivity contribution in [2.45, 2.75) is 13.5 Å². The number of rotatable bonds is 6. The molecule has 1 aromatic carbocycles. The first kappa shape index (κ1) is 19.5. The van der Waals surface area contributed by atoms with E-state index in [0.717, 1.165) is 16.3 Å². The van der Waals surface area contributed by atoms with Gasteiger partial charge in [0, 0.05) is 6.20 Å². The Balaban J connectivity index is 1.80. The maximum absolute atomic E-state index is 13.2. The number of nitrogens with zero attached hydrogens (tertiary/aromatic N) is 4. The van der Waals surface area contributed by atoms with Crippen LogP contribution in [0.15, 0.2) is 53.1 Å². The highest BCUT2D eigenvalue weighted by Gasteiger charge is 2.27. The van der Waals surface area contributed by atoms with Gasteiger partial charge in [0.2, 0.25) is 0 Å². The zero-order valence-electron chi connectivity index (χ0n) is 16.1. The SMILES string of the molecule is COc1ccc(C)c2sc(N(Cc3ccccn3)C(=O)c3ccc([N+](=O)[O-])o3)nc12. The van der Waals surface area contributed by atoms with Crippen LogP contribution < -0.4 is 9.64 Å². The van der Waals surface area contributed by atoms with Gasteiger partial charge >= 0.3 is 5.88 Å². The van der Waals surface area contributed by atoms with E-state index in [0.29, 0.717) is 22.1 Å². The number of ether oxygens (including phenoxy) is 1. The van der Waals surface area contributed by atoms with Crippen molar-refractivity contribution in [2.75, 3.05) is 12.0 Å². The average Bonchev–Trinajstić information content (AvgIpc) is 3.41. The van der Waals surface area contributed by atoms with Crippen molar-refractivity contribution < 1.29 is 18.9 Å². The molecule has 4 aromatic rings. The number of pyridine rings is 1. The summed E-state index contributed by atoms with van der Waals surface area (Å²) in [7, 11) is 1.56. The summed E-state index contributed by atoms with van der Waals surface area (Å²) in [4.78, 5) is 33.8. The van der Waals surface area contributed by atoms with Crippen LogP contribution in [0.1, 0.15) is 21.8 Å². The molecule has 152 valence electrons. The lowest BCUT2D eigenvalue weighted by molar-refractivity contribution is -0.402. The molecule has 0 aliphatic rings. The highest BCUT2D eigenvalue weighted by atomic mass is 32.1. The van der Waals surface area contributed by atoms with Crippen LogP contribution in [0.4, 0.5) is 11.0 Å². The molecule has 0 fully saturated rings. The second-order valence-corrected chi connectivity index (χ2v) is 7.34. The van der Waals surface area contributed by atoms with Gasteiger partial charge in [0.05, 0.1) is 30.1 Å². The second-order valence-electron chi connectivity index (χ2n) is 6.37. The number of benzene rings is 1. The minimum atomic E-state index is -0.689. The third kappa shape index (κ3) is 3.60. The van der Waals surface area contributed by atoms with E-state index >= 15 is 0 Å². The van der Waals surface area contributed by atoms with Gasteiger partial charge in [0.15, 0.2) is 10.9 Å². The van der Waals surface area contributed by atoms with Crippen LogP contribution in [0.3, 0.4) is 0 Å². The number of carbonyl (C=O) groups excluding carboxylic acids is 1. The molecule has 0 N–H and O–H groups in total. The van der Waals surface area contributed by atoms with E-state index in [-0.39, 0.29) is 12.3 Å². The van der Waals surface area contributed by atoms with Gasteiger partial charge in [-0.15, -0.1) is 0 Å². The summed E-state index contributed by atoms with van der Waals surface area (Å²) in [6, 6.07) is 11.5. The summed E-state index contributed by atoms with van der Waals surface area (Å²) < 4.78 is 11.4. The van der Waals surface area contributed by atoms with Crippen LogP contribution in [-0.4, -0.2) is 27.9 Å².